The Kier molecular flexibility index (Phi) is 5.21. The lowest BCUT2D eigenvalue weighted by Crippen LogP contribution is -2.36. The highest BCUT2D eigenvalue weighted by atomic mass is 35.5. The van der Waals surface area contributed by atoms with Crippen LogP contribution in [0.3, 0.4) is 0 Å². The standard InChI is InChI=1S/C25H28ClN3O2/c1-16-21(24(31)15-28-19-7-8-22(28)23(30)12-19)11-20(13-25(26)9-2-10-25)29(16)18-5-3-17(14-27)4-6-18/h3-6,11,19,22-23,30H,2,7-10,12-13,15H2,1H3/t19?,22?,23-/m0/s1. The van der Waals surface area contributed by atoms with Gasteiger partial charge in [-0.2, -0.15) is 5.26 Å². The molecule has 5 rings (SSSR count). The highest BCUT2D eigenvalue weighted by Crippen LogP contribution is 2.42. The molecule has 3 aliphatic rings. The van der Waals surface area contributed by atoms with Crippen molar-refractivity contribution < 1.29 is 9.90 Å². The maximum Gasteiger partial charge on any atom is 0.178 e. The molecule has 162 valence electrons. The Labute approximate surface area is 188 Å². The second-order valence-corrected chi connectivity index (χ2v) is 10.3. The van der Waals surface area contributed by atoms with Crippen LogP contribution in [0.15, 0.2) is 30.3 Å². The van der Waals surface area contributed by atoms with Crippen molar-refractivity contribution in [2.75, 3.05) is 6.54 Å². The average Bonchev–Trinajstić information content (AvgIpc) is 3.37. The van der Waals surface area contributed by atoms with Crippen LogP contribution in [0.25, 0.3) is 5.69 Å². The number of carbonyl (C=O) groups excluding carboxylic acids is 1. The number of aliphatic hydroxyl groups is 1. The van der Waals surface area contributed by atoms with Crippen molar-refractivity contribution in [2.45, 2.75) is 74.9 Å². The van der Waals surface area contributed by atoms with Gasteiger partial charge in [0.15, 0.2) is 5.78 Å². The lowest BCUT2D eigenvalue weighted by atomic mass is 9.81. The van der Waals surface area contributed by atoms with E-state index in [9.17, 15) is 9.90 Å². The molecule has 1 aromatic heterocycles. The molecular formula is C25H28ClN3O2. The normalized spacial score (nSPS) is 26.6. The van der Waals surface area contributed by atoms with Gasteiger partial charge in [0.25, 0.3) is 0 Å². The van der Waals surface area contributed by atoms with Crippen LogP contribution in [0.1, 0.15) is 65.8 Å². The Hall–Kier alpha value is -2.13. The van der Waals surface area contributed by atoms with Crippen LogP contribution in [0.4, 0.5) is 0 Å². The number of carbonyl (C=O) groups is 1. The highest BCUT2D eigenvalue weighted by Gasteiger charge is 2.46. The first-order chi connectivity index (χ1) is 14.9. The number of rotatable bonds is 6. The summed E-state index contributed by atoms with van der Waals surface area (Å²) in [5, 5.41) is 19.4. The molecule has 3 atom stereocenters. The molecule has 5 nitrogen and oxygen atoms in total. The van der Waals surface area contributed by atoms with Gasteiger partial charge in [0.2, 0.25) is 0 Å². The number of hydrogen-bond donors (Lipinski definition) is 1. The Bertz CT molecular complexity index is 1050. The molecule has 2 unspecified atom stereocenters. The van der Waals surface area contributed by atoms with E-state index in [1.54, 1.807) is 0 Å². The van der Waals surface area contributed by atoms with E-state index < -0.39 is 0 Å². The molecule has 1 saturated carbocycles. The minimum Gasteiger partial charge on any atom is -0.391 e. The van der Waals surface area contributed by atoms with Crippen molar-refractivity contribution in [1.29, 1.82) is 5.26 Å². The number of Topliss-reactive ketones (excluding diaryl/α,β-unsaturated/α-hetero) is 1. The van der Waals surface area contributed by atoms with Crippen molar-refractivity contribution >= 4 is 17.4 Å². The first-order valence-electron chi connectivity index (χ1n) is 11.3. The molecule has 1 aromatic carbocycles. The number of halogens is 1. The summed E-state index contributed by atoms with van der Waals surface area (Å²) in [6.45, 7) is 2.35. The second-order valence-electron chi connectivity index (χ2n) is 9.51. The number of nitrogens with zero attached hydrogens (tertiary/aromatic N) is 3. The van der Waals surface area contributed by atoms with Crippen LogP contribution in [0.2, 0.25) is 0 Å². The van der Waals surface area contributed by atoms with Gasteiger partial charge in [0.1, 0.15) is 0 Å². The van der Waals surface area contributed by atoms with Crippen LogP contribution < -0.4 is 0 Å². The van der Waals surface area contributed by atoms with Gasteiger partial charge in [0.05, 0.1) is 29.2 Å². The number of benzene rings is 1. The fraction of sp³-hybridized carbons (Fsp3) is 0.520. The van der Waals surface area contributed by atoms with E-state index in [1.165, 1.54) is 0 Å². The smallest absolute Gasteiger partial charge is 0.178 e. The number of hydrogen-bond acceptors (Lipinski definition) is 4. The molecule has 2 saturated heterocycles. The quantitative estimate of drug-likeness (QED) is 0.544. The zero-order valence-corrected chi connectivity index (χ0v) is 18.6. The van der Waals surface area contributed by atoms with E-state index >= 15 is 0 Å². The molecule has 1 N–H and O–H groups in total. The predicted octanol–water partition coefficient (Wildman–Crippen LogP) is 4.14. The van der Waals surface area contributed by atoms with Crippen molar-refractivity contribution in [3.05, 3.63) is 52.8 Å². The lowest BCUT2D eigenvalue weighted by molar-refractivity contribution is 0.0873. The summed E-state index contributed by atoms with van der Waals surface area (Å²) in [5.74, 6) is 0.106. The molecule has 1 aliphatic carbocycles. The first-order valence-corrected chi connectivity index (χ1v) is 11.6. The van der Waals surface area contributed by atoms with Gasteiger partial charge in [-0.25, -0.2) is 0 Å². The fourth-order valence-electron chi connectivity index (χ4n) is 5.76. The summed E-state index contributed by atoms with van der Waals surface area (Å²) < 4.78 is 2.13. The van der Waals surface area contributed by atoms with Gasteiger partial charge in [-0.05, 0) is 75.8 Å². The van der Waals surface area contributed by atoms with Crippen LogP contribution in [-0.4, -0.2) is 50.0 Å². The molecule has 2 aliphatic heterocycles. The van der Waals surface area contributed by atoms with Crippen molar-refractivity contribution in [2.24, 2.45) is 0 Å². The summed E-state index contributed by atoms with van der Waals surface area (Å²) >= 11 is 6.81. The van der Waals surface area contributed by atoms with E-state index in [1.807, 2.05) is 37.3 Å². The Morgan fingerprint density at radius 2 is 2.03 bits per heavy atom. The minimum absolute atomic E-state index is 0.106. The van der Waals surface area contributed by atoms with Crippen LogP contribution in [-0.2, 0) is 6.42 Å². The SMILES string of the molecule is Cc1c(C(=O)CN2C3CCC2[C@@H](O)C3)cc(CC2(Cl)CCC2)n1-c1ccc(C#N)cc1. The summed E-state index contributed by atoms with van der Waals surface area (Å²) in [6.07, 6.45) is 6.37. The van der Waals surface area contributed by atoms with E-state index in [0.717, 1.165) is 67.6 Å². The van der Waals surface area contributed by atoms with Gasteiger partial charge >= 0.3 is 0 Å². The van der Waals surface area contributed by atoms with Crippen molar-refractivity contribution in [1.82, 2.24) is 9.47 Å². The van der Waals surface area contributed by atoms with E-state index in [2.05, 4.69) is 15.5 Å². The van der Waals surface area contributed by atoms with Gasteiger partial charge in [-0.1, -0.05) is 0 Å². The molecule has 31 heavy (non-hydrogen) atoms. The molecule has 0 radical (unpaired) electrons. The van der Waals surface area contributed by atoms with E-state index in [4.69, 9.17) is 16.9 Å². The lowest BCUT2D eigenvalue weighted by Gasteiger charge is -2.36. The number of aromatic nitrogens is 1. The van der Waals surface area contributed by atoms with Gasteiger partial charge in [0, 0.05) is 41.1 Å². The number of nitriles is 1. The maximum atomic E-state index is 13.4. The molecule has 3 fully saturated rings. The van der Waals surface area contributed by atoms with Crippen LogP contribution in [0.5, 0.6) is 0 Å². The third kappa shape index (κ3) is 3.61. The molecular weight excluding hydrogens is 410 g/mol. The fourth-order valence-corrected chi connectivity index (χ4v) is 6.16. The molecule has 0 amide bonds. The average molecular weight is 438 g/mol. The third-order valence-electron chi connectivity index (χ3n) is 7.60. The monoisotopic (exact) mass is 437 g/mol. The van der Waals surface area contributed by atoms with Crippen molar-refractivity contribution in [3.63, 3.8) is 0 Å². The van der Waals surface area contributed by atoms with Crippen LogP contribution in [0, 0.1) is 18.3 Å². The van der Waals surface area contributed by atoms with Crippen molar-refractivity contribution in [3.8, 4) is 11.8 Å². The Morgan fingerprint density at radius 3 is 2.58 bits per heavy atom. The molecule has 0 spiro atoms. The predicted molar refractivity (Wildman–Crippen MR) is 120 cm³/mol. The minimum atomic E-state index is -0.304. The molecule has 2 bridgehead atoms. The number of ketones is 1. The number of fused-ring (bicyclic) bond motifs is 2. The van der Waals surface area contributed by atoms with Gasteiger partial charge < -0.3 is 9.67 Å². The molecule has 6 heteroatoms. The zero-order chi connectivity index (χ0) is 21.8. The largest absolute Gasteiger partial charge is 0.391 e. The zero-order valence-electron chi connectivity index (χ0n) is 17.9. The van der Waals surface area contributed by atoms with Gasteiger partial charge in [-0.15, -0.1) is 11.6 Å². The topological polar surface area (TPSA) is 69.3 Å². The molecule has 2 aromatic rings. The van der Waals surface area contributed by atoms with E-state index in [0.29, 0.717) is 18.2 Å². The third-order valence-corrected chi connectivity index (χ3v) is 8.11. The number of aliphatic hydroxyl groups excluding tert-OH is 1. The summed E-state index contributed by atoms with van der Waals surface area (Å²) in [5.41, 5.74) is 4.25. The first kappa shape index (κ1) is 20.8. The summed E-state index contributed by atoms with van der Waals surface area (Å²) in [4.78, 5) is 15.4. The van der Waals surface area contributed by atoms with Crippen LogP contribution >= 0.6 is 11.6 Å². The number of alkyl halides is 1. The Balaban J connectivity index is 1.48. The Morgan fingerprint density at radius 1 is 1.29 bits per heavy atom. The van der Waals surface area contributed by atoms with E-state index in [-0.39, 0.29) is 22.8 Å². The maximum absolute atomic E-state index is 13.4. The second kappa shape index (κ2) is 7.78. The highest BCUT2D eigenvalue weighted by molar-refractivity contribution is 6.24. The summed E-state index contributed by atoms with van der Waals surface area (Å²) in [7, 11) is 0. The molecule has 3 heterocycles. The van der Waals surface area contributed by atoms with Gasteiger partial charge in [-0.3, -0.25) is 9.69 Å². The summed E-state index contributed by atoms with van der Waals surface area (Å²) in [6, 6.07) is 12.1.